The van der Waals surface area contributed by atoms with Gasteiger partial charge >= 0.3 is 0 Å². The highest BCUT2D eigenvalue weighted by Crippen LogP contribution is 2.20. The molecule has 0 radical (unpaired) electrons. The van der Waals surface area contributed by atoms with Gasteiger partial charge in [-0.3, -0.25) is 4.98 Å². The lowest BCUT2D eigenvalue weighted by atomic mass is 10.3. The van der Waals surface area contributed by atoms with Gasteiger partial charge in [0.1, 0.15) is 6.10 Å². The lowest BCUT2D eigenvalue weighted by molar-refractivity contribution is 0.213. The first kappa shape index (κ1) is 10.8. The maximum atomic E-state index is 5.81. The highest BCUT2D eigenvalue weighted by molar-refractivity contribution is 5.38. The Morgan fingerprint density at radius 2 is 2.18 bits per heavy atom. The molecular formula is C12H18N4O. The van der Waals surface area contributed by atoms with Gasteiger partial charge in [0.2, 0.25) is 5.88 Å². The number of nitrogens with zero attached hydrogens (tertiary/aromatic N) is 3. The molecule has 5 nitrogen and oxygen atoms in total. The SMILES string of the molecule is c1ncc(N2CCCC2)nc1OC1CCNC1. The third-order valence-electron chi connectivity index (χ3n) is 3.33. The number of aromatic nitrogens is 2. The van der Waals surface area contributed by atoms with Crippen molar-refractivity contribution in [2.24, 2.45) is 0 Å². The fraction of sp³-hybridized carbons (Fsp3) is 0.667. The van der Waals surface area contributed by atoms with Gasteiger partial charge in [0, 0.05) is 19.6 Å². The minimum absolute atomic E-state index is 0.248. The van der Waals surface area contributed by atoms with Crippen molar-refractivity contribution in [2.45, 2.75) is 25.4 Å². The second-order valence-electron chi connectivity index (χ2n) is 4.64. The largest absolute Gasteiger partial charge is 0.472 e. The highest BCUT2D eigenvalue weighted by Gasteiger charge is 2.18. The molecule has 0 aliphatic carbocycles. The highest BCUT2D eigenvalue weighted by atomic mass is 16.5. The molecule has 1 aromatic rings. The third-order valence-corrected chi connectivity index (χ3v) is 3.33. The van der Waals surface area contributed by atoms with E-state index < -0.39 is 0 Å². The summed E-state index contributed by atoms with van der Waals surface area (Å²) >= 11 is 0. The molecule has 3 rings (SSSR count). The second kappa shape index (κ2) is 4.87. The smallest absolute Gasteiger partial charge is 0.234 e. The van der Waals surface area contributed by atoms with Crippen molar-refractivity contribution in [1.29, 1.82) is 0 Å². The van der Waals surface area contributed by atoms with Crippen molar-refractivity contribution in [3.63, 3.8) is 0 Å². The van der Waals surface area contributed by atoms with Gasteiger partial charge in [-0.1, -0.05) is 0 Å². The van der Waals surface area contributed by atoms with Crippen LogP contribution in [-0.2, 0) is 0 Å². The quantitative estimate of drug-likeness (QED) is 0.839. The van der Waals surface area contributed by atoms with Crippen LogP contribution in [0.25, 0.3) is 0 Å². The molecule has 0 bridgehead atoms. The molecule has 2 aliphatic heterocycles. The Kier molecular flexibility index (Phi) is 3.09. The Morgan fingerprint density at radius 3 is 2.94 bits per heavy atom. The second-order valence-corrected chi connectivity index (χ2v) is 4.64. The summed E-state index contributed by atoms with van der Waals surface area (Å²) in [5.41, 5.74) is 0. The first-order valence-corrected chi connectivity index (χ1v) is 6.36. The van der Waals surface area contributed by atoms with Gasteiger partial charge in [0.05, 0.1) is 12.4 Å². The Balaban J connectivity index is 1.69. The molecule has 2 aliphatic rings. The molecule has 0 aromatic carbocycles. The van der Waals surface area contributed by atoms with E-state index in [-0.39, 0.29) is 6.10 Å². The van der Waals surface area contributed by atoms with Gasteiger partial charge in [0.15, 0.2) is 5.82 Å². The zero-order valence-electron chi connectivity index (χ0n) is 9.93. The fourth-order valence-electron chi connectivity index (χ4n) is 2.39. The van der Waals surface area contributed by atoms with E-state index in [4.69, 9.17) is 4.74 Å². The van der Waals surface area contributed by atoms with Crippen LogP contribution in [0.3, 0.4) is 0 Å². The van der Waals surface area contributed by atoms with Gasteiger partial charge in [-0.15, -0.1) is 0 Å². The molecule has 17 heavy (non-hydrogen) atoms. The first-order valence-electron chi connectivity index (χ1n) is 6.36. The molecule has 0 saturated carbocycles. The predicted molar refractivity (Wildman–Crippen MR) is 65.4 cm³/mol. The number of anilines is 1. The molecule has 1 N–H and O–H groups in total. The first-order chi connectivity index (χ1) is 8.42. The van der Waals surface area contributed by atoms with E-state index >= 15 is 0 Å². The standard InChI is InChI=1S/C12H18N4O/c1-2-6-16(5-1)11-8-14-9-12(15-11)17-10-3-4-13-7-10/h8-10,13H,1-7H2. The van der Waals surface area contributed by atoms with E-state index in [9.17, 15) is 0 Å². The fourth-order valence-corrected chi connectivity index (χ4v) is 2.39. The van der Waals surface area contributed by atoms with Crippen LogP contribution in [0.1, 0.15) is 19.3 Å². The molecule has 5 heteroatoms. The molecular weight excluding hydrogens is 216 g/mol. The Hall–Kier alpha value is -1.36. The molecule has 3 heterocycles. The average Bonchev–Trinajstić information content (AvgIpc) is 3.01. The maximum Gasteiger partial charge on any atom is 0.234 e. The summed E-state index contributed by atoms with van der Waals surface area (Å²) in [6, 6.07) is 0. The number of hydrogen-bond donors (Lipinski definition) is 1. The van der Waals surface area contributed by atoms with Crippen molar-refractivity contribution in [3.05, 3.63) is 12.4 Å². The molecule has 0 spiro atoms. The van der Waals surface area contributed by atoms with Gasteiger partial charge < -0.3 is 15.0 Å². The van der Waals surface area contributed by atoms with Crippen molar-refractivity contribution in [3.8, 4) is 5.88 Å². The van der Waals surface area contributed by atoms with E-state index in [0.717, 1.165) is 38.4 Å². The van der Waals surface area contributed by atoms with Crippen molar-refractivity contribution in [1.82, 2.24) is 15.3 Å². The molecule has 92 valence electrons. The van der Waals surface area contributed by atoms with Crippen molar-refractivity contribution in [2.75, 3.05) is 31.1 Å². The molecule has 1 unspecified atom stereocenters. The van der Waals surface area contributed by atoms with Crippen LogP contribution in [0, 0.1) is 0 Å². The summed E-state index contributed by atoms with van der Waals surface area (Å²) < 4.78 is 5.81. The number of hydrogen-bond acceptors (Lipinski definition) is 5. The molecule has 2 fully saturated rings. The van der Waals surface area contributed by atoms with E-state index in [1.165, 1.54) is 12.8 Å². The van der Waals surface area contributed by atoms with Crippen LogP contribution < -0.4 is 15.0 Å². The summed E-state index contributed by atoms with van der Waals surface area (Å²) in [4.78, 5) is 11.0. The Morgan fingerprint density at radius 1 is 1.29 bits per heavy atom. The lowest BCUT2D eigenvalue weighted by Crippen LogP contribution is -2.22. The van der Waals surface area contributed by atoms with Crippen LogP contribution in [0.15, 0.2) is 12.4 Å². The summed E-state index contributed by atoms with van der Waals surface area (Å²) in [5.74, 6) is 1.61. The summed E-state index contributed by atoms with van der Waals surface area (Å²) in [5, 5.41) is 3.28. The minimum atomic E-state index is 0.248. The van der Waals surface area contributed by atoms with Gasteiger partial charge in [-0.25, -0.2) is 0 Å². The summed E-state index contributed by atoms with van der Waals surface area (Å²) in [7, 11) is 0. The normalized spacial score (nSPS) is 24.2. The summed E-state index contributed by atoms with van der Waals surface area (Å²) in [6.45, 7) is 4.12. The Bertz CT molecular complexity index is 373. The van der Waals surface area contributed by atoms with Gasteiger partial charge in [-0.05, 0) is 25.8 Å². The minimum Gasteiger partial charge on any atom is -0.472 e. The maximum absolute atomic E-state index is 5.81. The van der Waals surface area contributed by atoms with Gasteiger partial charge in [-0.2, -0.15) is 4.98 Å². The molecule has 1 atom stereocenters. The van der Waals surface area contributed by atoms with Crippen LogP contribution in [0.2, 0.25) is 0 Å². The average molecular weight is 234 g/mol. The predicted octanol–water partition coefficient (Wildman–Crippen LogP) is 0.817. The molecule has 0 amide bonds. The van der Waals surface area contributed by atoms with Crippen molar-refractivity contribution < 1.29 is 4.74 Å². The van der Waals surface area contributed by atoms with Crippen LogP contribution in [0.4, 0.5) is 5.82 Å². The zero-order valence-corrected chi connectivity index (χ0v) is 9.93. The zero-order chi connectivity index (χ0) is 11.5. The van der Waals surface area contributed by atoms with Crippen molar-refractivity contribution >= 4 is 5.82 Å². The number of ether oxygens (including phenoxy) is 1. The number of nitrogens with one attached hydrogen (secondary N) is 1. The lowest BCUT2D eigenvalue weighted by Gasteiger charge is -2.17. The van der Waals surface area contributed by atoms with Crippen LogP contribution in [0.5, 0.6) is 5.88 Å². The molecule has 1 aromatic heterocycles. The third kappa shape index (κ3) is 2.49. The number of rotatable bonds is 3. The monoisotopic (exact) mass is 234 g/mol. The Labute approximate surface area is 101 Å². The van der Waals surface area contributed by atoms with E-state index in [1.807, 2.05) is 6.20 Å². The van der Waals surface area contributed by atoms with Gasteiger partial charge in [0.25, 0.3) is 0 Å². The van der Waals surface area contributed by atoms with E-state index in [0.29, 0.717) is 5.88 Å². The topological polar surface area (TPSA) is 50.3 Å². The van der Waals surface area contributed by atoms with Crippen LogP contribution in [-0.4, -0.2) is 42.3 Å². The van der Waals surface area contributed by atoms with Crippen LogP contribution >= 0.6 is 0 Å². The molecule has 2 saturated heterocycles. The summed E-state index contributed by atoms with van der Waals surface area (Å²) in [6.07, 6.45) is 7.33. The van der Waals surface area contributed by atoms with E-state index in [2.05, 4.69) is 20.2 Å². The van der Waals surface area contributed by atoms with E-state index in [1.54, 1.807) is 6.20 Å².